The second-order valence-corrected chi connectivity index (χ2v) is 7.47. The zero-order valence-corrected chi connectivity index (χ0v) is 15.0. The maximum atomic E-state index is 12.5. The SMILES string of the molecule is CCN(CC)S(=O)(=O)c1ccc(Oc2ccc3ccccc3c2)nc1. The number of benzene rings is 2. The topological polar surface area (TPSA) is 59.5 Å². The molecule has 0 aliphatic carbocycles. The average molecular weight is 356 g/mol. The molecule has 5 nitrogen and oxygen atoms in total. The summed E-state index contributed by atoms with van der Waals surface area (Å²) in [6.07, 6.45) is 1.34. The second kappa shape index (κ2) is 7.21. The Labute approximate surface area is 147 Å². The fourth-order valence-corrected chi connectivity index (χ4v) is 4.05. The van der Waals surface area contributed by atoms with Crippen LogP contribution in [0.3, 0.4) is 0 Å². The van der Waals surface area contributed by atoms with Crippen LogP contribution in [0.1, 0.15) is 13.8 Å². The quantitative estimate of drug-likeness (QED) is 0.668. The molecular weight excluding hydrogens is 336 g/mol. The molecule has 0 bridgehead atoms. The first-order valence-corrected chi connectivity index (χ1v) is 9.61. The molecule has 3 rings (SSSR count). The summed E-state index contributed by atoms with van der Waals surface area (Å²) in [5.74, 6) is 1.01. The van der Waals surface area contributed by atoms with E-state index >= 15 is 0 Å². The van der Waals surface area contributed by atoms with E-state index in [9.17, 15) is 8.42 Å². The average Bonchev–Trinajstić information content (AvgIpc) is 2.63. The fourth-order valence-electron chi connectivity index (χ4n) is 2.64. The van der Waals surface area contributed by atoms with Crippen LogP contribution in [0, 0.1) is 0 Å². The zero-order chi connectivity index (χ0) is 17.9. The van der Waals surface area contributed by atoms with Crippen LogP contribution in [0.2, 0.25) is 0 Å². The number of pyridine rings is 1. The van der Waals surface area contributed by atoms with Crippen LogP contribution in [0.25, 0.3) is 10.8 Å². The highest BCUT2D eigenvalue weighted by Gasteiger charge is 2.21. The number of nitrogens with zero attached hydrogens (tertiary/aromatic N) is 2. The minimum Gasteiger partial charge on any atom is -0.439 e. The van der Waals surface area contributed by atoms with Crippen molar-refractivity contribution in [2.45, 2.75) is 18.7 Å². The number of sulfonamides is 1. The Bertz CT molecular complexity index is 965. The van der Waals surface area contributed by atoms with E-state index in [2.05, 4.69) is 4.98 Å². The summed E-state index contributed by atoms with van der Waals surface area (Å²) in [5, 5.41) is 2.20. The molecule has 0 atom stereocenters. The van der Waals surface area contributed by atoms with Crippen LogP contribution < -0.4 is 4.74 Å². The highest BCUT2D eigenvalue weighted by Crippen LogP contribution is 2.25. The summed E-state index contributed by atoms with van der Waals surface area (Å²) in [7, 11) is -3.50. The molecule has 25 heavy (non-hydrogen) atoms. The van der Waals surface area contributed by atoms with Crippen molar-refractivity contribution in [2.75, 3.05) is 13.1 Å². The normalized spacial score (nSPS) is 11.8. The molecule has 0 aliphatic heterocycles. The Morgan fingerprint density at radius 3 is 2.32 bits per heavy atom. The number of ether oxygens (including phenoxy) is 1. The van der Waals surface area contributed by atoms with Crippen molar-refractivity contribution in [3.8, 4) is 11.6 Å². The first kappa shape index (κ1) is 17.4. The predicted octanol–water partition coefficient (Wildman–Crippen LogP) is 4.06. The standard InChI is InChI=1S/C19H20N2O3S/c1-3-21(4-2)25(22,23)18-11-12-19(20-14-18)24-17-10-9-15-7-5-6-8-16(15)13-17/h5-14H,3-4H2,1-2H3. The monoisotopic (exact) mass is 356 g/mol. The number of hydrogen-bond donors (Lipinski definition) is 0. The first-order valence-electron chi connectivity index (χ1n) is 8.17. The van der Waals surface area contributed by atoms with Gasteiger partial charge in [-0.25, -0.2) is 13.4 Å². The van der Waals surface area contributed by atoms with Gasteiger partial charge in [0, 0.05) is 19.2 Å². The molecule has 0 aliphatic rings. The lowest BCUT2D eigenvalue weighted by Gasteiger charge is -2.18. The molecule has 6 heteroatoms. The summed E-state index contributed by atoms with van der Waals surface area (Å²) in [4.78, 5) is 4.31. The van der Waals surface area contributed by atoms with Crippen LogP contribution in [-0.2, 0) is 10.0 Å². The van der Waals surface area contributed by atoms with Gasteiger partial charge in [0.2, 0.25) is 15.9 Å². The third-order valence-corrected chi connectivity index (χ3v) is 6.03. The van der Waals surface area contributed by atoms with Crippen molar-refractivity contribution in [3.05, 3.63) is 60.8 Å². The van der Waals surface area contributed by atoms with Gasteiger partial charge in [-0.1, -0.05) is 44.2 Å². The Hall–Kier alpha value is -2.44. The van der Waals surface area contributed by atoms with Crippen molar-refractivity contribution in [3.63, 3.8) is 0 Å². The van der Waals surface area contributed by atoms with E-state index in [-0.39, 0.29) is 4.90 Å². The smallest absolute Gasteiger partial charge is 0.244 e. The van der Waals surface area contributed by atoms with E-state index < -0.39 is 10.0 Å². The molecular formula is C19H20N2O3S. The molecule has 0 unspecified atom stereocenters. The third-order valence-electron chi connectivity index (χ3n) is 4.00. The van der Waals surface area contributed by atoms with Crippen molar-refractivity contribution in [1.82, 2.24) is 9.29 Å². The van der Waals surface area contributed by atoms with E-state index in [0.29, 0.717) is 24.7 Å². The van der Waals surface area contributed by atoms with Crippen LogP contribution in [0.15, 0.2) is 65.7 Å². The predicted molar refractivity (Wildman–Crippen MR) is 98.4 cm³/mol. The lowest BCUT2D eigenvalue weighted by molar-refractivity contribution is 0.443. The maximum Gasteiger partial charge on any atom is 0.244 e. The van der Waals surface area contributed by atoms with Gasteiger partial charge in [0.15, 0.2) is 0 Å². The molecule has 0 radical (unpaired) electrons. The van der Waals surface area contributed by atoms with Gasteiger partial charge in [0.05, 0.1) is 6.20 Å². The van der Waals surface area contributed by atoms with E-state index in [1.54, 1.807) is 6.07 Å². The number of fused-ring (bicyclic) bond motifs is 1. The largest absolute Gasteiger partial charge is 0.439 e. The summed E-state index contributed by atoms with van der Waals surface area (Å²) >= 11 is 0. The molecule has 1 aromatic heterocycles. The molecule has 2 aromatic carbocycles. The first-order chi connectivity index (χ1) is 12.0. The van der Waals surface area contributed by atoms with Crippen molar-refractivity contribution >= 4 is 20.8 Å². The highest BCUT2D eigenvalue weighted by atomic mass is 32.2. The second-order valence-electron chi connectivity index (χ2n) is 5.53. The zero-order valence-electron chi connectivity index (χ0n) is 14.2. The van der Waals surface area contributed by atoms with Gasteiger partial charge in [-0.15, -0.1) is 0 Å². The molecule has 0 amide bonds. The van der Waals surface area contributed by atoms with Gasteiger partial charge >= 0.3 is 0 Å². The molecule has 0 N–H and O–H groups in total. The molecule has 0 saturated carbocycles. The van der Waals surface area contributed by atoms with E-state index in [1.807, 2.05) is 56.3 Å². The summed E-state index contributed by atoms with van der Waals surface area (Å²) in [6, 6.07) is 16.9. The van der Waals surface area contributed by atoms with Crippen LogP contribution in [0.4, 0.5) is 0 Å². The van der Waals surface area contributed by atoms with Gasteiger partial charge in [0.1, 0.15) is 10.6 Å². The molecule has 3 aromatic rings. The van der Waals surface area contributed by atoms with Crippen molar-refractivity contribution in [2.24, 2.45) is 0 Å². The van der Waals surface area contributed by atoms with Gasteiger partial charge in [-0.3, -0.25) is 0 Å². The van der Waals surface area contributed by atoms with Gasteiger partial charge < -0.3 is 4.74 Å². The summed E-state index contributed by atoms with van der Waals surface area (Å²) in [6.45, 7) is 4.47. The summed E-state index contributed by atoms with van der Waals surface area (Å²) < 4.78 is 32.1. The number of rotatable bonds is 6. The molecule has 0 saturated heterocycles. The van der Waals surface area contributed by atoms with Gasteiger partial charge in [-0.05, 0) is 29.0 Å². The van der Waals surface area contributed by atoms with Crippen molar-refractivity contribution < 1.29 is 13.2 Å². The van der Waals surface area contributed by atoms with Crippen LogP contribution >= 0.6 is 0 Å². The Kier molecular flexibility index (Phi) is 5.01. The Morgan fingerprint density at radius 2 is 1.68 bits per heavy atom. The maximum absolute atomic E-state index is 12.5. The lowest BCUT2D eigenvalue weighted by atomic mass is 10.1. The van der Waals surface area contributed by atoms with E-state index in [0.717, 1.165) is 10.8 Å². The van der Waals surface area contributed by atoms with Gasteiger partial charge in [0.25, 0.3) is 0 Å². The minimum absolute atomic E-state index is 0.169. The van der Waals surface area contributed by atoms with Gasteiger partial charge in [-0.2, -0.15) is 4.31 Å². The van der Waals surface area contributed by atoms with E-state index in [4.69, 9.17) is 4.74 Å². The Morgan fingerprint density at radius 1 is 0.960 bits per heavy atom. The van der Waals surface area contributed by atoms with Crippen LogP contribution in [-0.4, -0.2) is 30.8 Å². The molecule has 1 heterocycles. The van der Waals surface area contributed by atoms with Crippen molar-refractivity contribution in [1.29, 1.82) is 0 Å². The highest BCUT2D eigenvalue weighted by molar-refractivity contribution is 7.89. The number of aromatic nitrogens is 1. The summed E-state index contributed by atoms with van der Waals surface area (Å²) in [5.41, 5.74) is 0. The minimum atomic E-state index is -3.50. The number of hydrogen-bond acceptors (Lipinski definition) is 4. The lowest BCUT2D eigenvalue weighted by Crippen LogP contribution is -2.30. The molecule has 0 fully saturated rings. The molecule has 130 valence electrons. The van der Waals surface area contributed by atoms with Crippen LogP contribution in [0.5, 0.6) is 11.6 Å². The fraction of sp³-hybridized carbons (Fsp3) is 0.211. The van der Waals surface area contributed by atoms with E-state index in [1.165, 1.54) is 16.6 Å². The molecule has 0 spiro atoms. The Balaban J connectivity index is 1.82. The third kappa shape index (κ3) is 3.65.